The van der Waals surface area contributed by atoms with E-state index in [2.05, 4.69) is 0 Å². The highest BCUT2D eigenvalue weighted by Gasteiger charge is 2.27. The van der Waals surface area contributed by atoms with Gasteiger partial charge in [0.1, 0.15) is 0 Å². The Bertz CT molecular complexity index is 253. The maximum Gasteiger partial charge on any atom is 0.223 e. The lowest BCUT2D eigenvalue weighted by Gasteiger charge is -2.36. The van der Waals surface area contributed by atoms with Gasteiger partial charge in [-0.15, -0.1) is 0 Å². The van der Waals surface area contributed by atoms with Crippen LogP contribution in [0.5, 0.6) is 0 Å². The number of amides is 1. The van der Waals surface area contributed by atoms with E-state index in [4.69, 9.17) is 9.47 Å². The summed E-state index contributed by atoms with van der Waals surface area (Å²) in [6.45, 7) is 7.18. The first-order chi connectivity index (χ1) is 8.15. The summed E-state index contributed by atoms with van der Waals surface area (Å²) in [5, 5.41) is 0. The molecule has 2 rings (SSSR count). The van der Waals surface area contributed by atoms with Crippen LogP contribution >= 0.6 is 0 Å². The van der Waals surface area contributed by atoms with Gasteiger partial charge in [0.25, 0.3) is 0 Å². The molecule has 0 saturated carbocycles. The number of carbonyl (C=O) groups is 1. The molecule has 0 aromatic heterocycles. The van der Waals surface area contributed by atoms with E-state index < -0.39 is 0 Å². The monoisotopic (exact) mass is 241 g/mol. The average molecular weight is 241 g/mol. The van der Waals surface area contributed by atoms with Crippen molar-refractivity contribution in [3.05, 3.63) is 0 Å². The lowest BCUT2D eigenvalue weighted by molar-refractivity contribution is -0.144. The number of rotatable bonds is 2. The van der Waals surface area contributed by atoms with E-state index >= 15 is 0 Å². The molecule has 0 aromatic carbocycles. The van der Waals surface area contributed by atoms with Gasteiger partial charge in [0.2, 0.25) is 5.91 Å². The van der Waals surface area contributed by atoms with Crippen LogP contribution < -0.4 is 0 Å². The molecular weight excluding hydrogens is 218 g/mol. The SMILES string of the molecule is CC1CN(C(=O)CC2CCOCC2)CC(C)O1. The maximum absolute atomic E-state index is 12.2. The lowest BCUT2D eigenvalue weighted by atomic mass is 9.95. The first-order valence-corrected chi connectivity index (χ1v) is 6.66. The topological polar surface area (TPSA) is 38.8 Å². The summed E-state index contributed by atoms with van der Waals surface area (Å²) in [4.78, 5) is 14.2. The van der Waals surface area contributed by atoms with Crippen LogP contribution in [0, 0.1) is 5.92 Å². The smallest absolute Gasteiger partial charge is 0.223 e. The van der Waals surface area contributed by atoms with Crippen LogP contribution in [0.25, 0.3) is 0 Å². The van der Waals surface area contributed by atoms with Gasteiger partial charge < -0.3 is 14.4 Å². The van der Waals surface area contributed by atoms with Crippen molar-refractivity contribution in [3.8, 4) is 0 Å². The highest BCUT2D eigenvalue weighted by Crippen LogP contribution is 2.21. The molecule has 2 atom stereocenters. The third kappa shape index (κ3) is 3.68. The summed E-state index contributed by atoms with van der Waals surface area (Å²) in [6, 6.07) is 0. The van der Waals surface area contributed by atoms with Crippen LogP contribution in [0.1, 0.15) is 33.1 Å². The molecule has 98 valence electrons. The van der Waals surface area contributed by atoms with E-state index in [0.29, 0.717) is 18.2 Å². The van der Waals surface area contributed by atoms with Crippen LogP contribution in [-0.4, -0.2) is 49.3 Å². The van der Waals surface area contributed by atoms with E-state index in [1.807, 2.05) is 18.7 Å². The van der Waals surface area contributed by atoms with E-state index in [-0.39, 0.29) is 12.2 Å². The summed E-state index contributed by atoms with van der Waals surface area (Å²) >= 11 is 0. The minimum absolute atomic E-state index is 0.164. The summed E-state index contributed by atoms with van der Waals surface area (Å²) in [5.74, 6) is 0.809. The van der Waals surface area contributed by atoms with Crippen molar-refractivity contribution in [1.82, 2.24) is 4.90 Å². The minimum atomic E-state index is 0.164. The van der Waals surface area contributed by atoms with Crippen LogP contribution in [-0.2, 0) is 14.3 Å². The Morgan fingerprint density at radius 3 is 2.35 bits per heavy atom. The molecule has 2 aliphatic rings. The molecule has 4 heteroatoms. The third-order valence-electron chi connectivity index (χ3n) is 3.58. The summed E-state index contributed by atoms with van der Waals surface area (Å²) in [5.41, 5.74) is 0. The van der Waals surface area contributed by atoms with Crippen molar-refractivity contribution in [2.75, 3.05) is 26.3 Å². The van der Waals surface area contributed by atoms with Gasteiger partial charge in [-0.2, -0.15) is 0 Å². The Morgan fingerprint density at radius 1 is 1.18 bits per heavy atom. The molecule has 2 fully saturated rings. The first kappa shape index (κ1) is 12.8. The molecule has 2 unspecified atom stereocenters. The molecule has 17 heavy (non-hydrogen) atoms. The van der Waals surface area contributed by atoms with Crippen molar-refractivity contribution in [1.29, 1.82) is 0 Å². The molecule has 0 aromatic rings. The van der Waals surface area contributed by atoms with Crippen LogP contribution in [0.3, 0.4) is 0 Å². The number of morpholine rings is 1. The van der Waals surface area contributed by atoms with Gasteiger partial charge in [-0.25, -0.2) is 0 Å². The molecule has 2 saturated heterocycles. The Balaban J connectivity index is 1.81. The van der Waals surface area contributed by atoms with Crippen LogP contribution in [0.4, 0.5) is 0 Å². The molecule has 4 nitrogen and oxygen atoms in total. The third-order valence-corrected chi connectivity index (χ3v) is 3.58. The zero-order valence-corrected chi connectivity index (χ0v) is 10.9. The van der Waals surface area contributed by atoms with Crippen LogP contribution in [0.15, 0.2) is 0 Å². The molecular formula is C13H23NO3. The fraction of sp³-hybridized carbons (Fsp3) is 0.923. The zero-order valence-electron chi connectivity index (χ0n) is 10.9. The average Bonchev–Trinajstić information content (AvgIpc) is 2.29. The predicted molar refractivity (Wildman–Crippen MR) is 64.7 cm³/mol. The fourth-order valence-corrected chi connectivity index (χ4v) is 2.71. The fourth-order valence-electron chi connectivity index (χ4n) is 2.71. The molecule has 2 aliphatic heterocycles. The Labute approximate surface area is 103 Å². The highest BCUT2D eigenvalue weighted by atomic mass is 16.5. The second-order valence-corrected chi connectivity index (χ2v) is 5.32. The van der Waals surface area contributed by atoms with Crippen molar-refractivity contribution in [2.24, 2.45) is 5.92 Å². The lowest BCUT2D eigenvalue weighted by Crippen LogP contribution is -2.48. The number of carbonyl (C=O) groups excluding carboxylic acids is 1. The molecule has 1 amide bonds. The summed E-state index contributed by atoms with van der Waals surface area (Å²) in [7, 11) is 0. The van der Waals surface area contributed by atoms with Gasteiger partial charge in [0.15, 0.2) is 0 Å². The Morgan fingerprint density at radius 2 is 1.76 bits per heavy atom. The second kappa shape index (κ2) is 5.83. The molecule has 0 radical (unpaired) electrons. The summed E-state index contributed by atoms with van der Waals surface area (Å²) in [6.07, 6.45) is 3.07. The second-order valence-electron chi connectivity index (χ2n) is 5.32. The largest absolute Gasteiger partial charge is 0.381 e. The van der Waals surface area contributed by atoms with Crippen molar-refractivity contribution in [3.63, 3.8) is 0 Å². The minimum Gasteiger partial charge on any atom is -0.381 e. The standard InChI is InChI=1S/C13H23NO3/c1-10-8-14(9-11(2)17-10)13(15)7-12-3-5-16-6-4-12/h10-12H,3-9H2,1-2H3. The quantitative estimate of drug-likeness (QED) is 0.734. The van der Waals surface area contributed by atoms with E-state index in [1.54, 1.807) is 0 Å². The van der Waals surface area contributed by atoms with E-state index in [9.17, 15) is 4.79 Å². The molecule has 0 bridgehead atoms. The maximum atomic E-state index is 12.2. The van der Waals surface area contributed by atoms with Gasteiger partial charge in [0, 0.05) is 32.7 Å². The number of hydrogen-bond acceptors (Lipinski definition) is 3. The Hall–Kier alpha value is -0.610. The molecule has 0 N–H and O–H groups in total. The van der Waals surface area contributed by atoms with Gasteiger partial charge >= 0.3 is 0 Å². The van der Waals surface area contributed by atoms with Crippen LogP contribution in [0.2, 0.25) is 0 Å². The zero-order chi connectivity index (χ0) is 12.3. The van der Waals surface area contributed by atoms with Crippen molar-refractivity contribution < 1.29 is 14.3 Å². The van der Waals surface area contributed by atoms with Gasteiger partial charge in [0.05, 0.1) is 12.2 Å². The van der Waals surface area contributed by atoms with Gasteiger partial charge in [-0.1, -0.05) is 0 Å². The molecule has 0 spiro atoms. The van der Waals surface area contributed by atoms with Gasteiger partial charge in [-0.3, -0.25) is 4.79 Å². The normalized spacial score (nSPS) is 31.5. The number of nitrogens with zero attached hydrogens (tertiary/aromatic N) is 1. The molecule has 0 aliphatic carbocycles. The number of ether oxygens (including phenoxy) is 2. The van der Waals surface area contributed by atoms with Gasteiger partial charge in [-0.05, 0) is 32.6 Å². The van der Waals surface area contributed by atoms with E-state index in [0.717, 1.165) is 39.1 Å². The predicted octanol–water partition coefficient (Wildman–Crippen LogP) is 1.44. The Kier molecular flexibility index (Phi) is 4.40. The van der Waals surface area contributed by atoms with E-state index in [1.165, 1.54) is 0 Å². The number of hydrogen-bond donors (Lipinski definition) is 0. The first-order valence-electron chi connectivity index (χ1n) is 6.66. The summed E-state index contributed by atoms with van der Waals surface area (Å²) < 4.78 is 11.0. The van der Waals surface area contributed by atoms with Crippen molar-refractivity contribution >= 4 is 5.91 Å². The van der Waals surface area contributed by atoms with Crippen molar-refractivity contribution in [2.45, 2.75) is 45.3 Å². The highest BCUT2D eigenvalue weighted by molar-refractivity contribution is 5.76. The molecule has 2 heterocycles.